The number of para-hydroxylation sites is 1. The molecule has 0 fully saturated rings. The predicted molar refractivity (Wildman–Crippen MR) is 120 cm³/mol. The van der Waals surface area contributed by atoms with Crippen LogP contribution in [0.3, 0.4) is 0 Å². The van der Waals surface area contributed by atoms with E-state index < -0.39 is 0 Å². The van der Waals surface area contributed by atoms with Crippen molar-refractivity contribution in [2.45, 2.75) is 0 Å². The number of thiophene rings is 1. The second-order valence-electron chi connectivity index (χ2n) is 6.55. The smallest absolute Gasteiger partial charge is 0.262 e. The molecule has 0 saturated heterocycles. The zero-order valence-electron chi connectivity index (χ0n) is 15.7. The number of hydrogen-bond acceptors (Lipinski definition) is 6. The number of ether oxygens (including phenoxy) is 1. The van der Waals surface area contributed by atoms with Crippen LogP contribution in [-0.4, -0.2) is 15.0 Å². The zero-order chi connectivity index (χ0) is 20.3. The van der Waals surface area contributed by atoms with Crippen LogP contribution in [0.25, 0.3) is 22.2 Å². The van der Waals surface area contributed by atoms with Crippen LogP contribution in [0, 0.1) is 0 Å². The number of aromatic nitrogens is 3. The summed E-state index contributed by atoms with van der Waals surface area (Å²) in [5.74, 6) is 1.82. The molecule has 0 aliphatic heterocycles. The fourth-order valence-corrected chi connectivity index (χ4v) is 3.80. The van der Waals surface area contributed by atoms with Gasteiger partial charge in [-0.05, 0) is 64.9 Å². The Morgan fingerprint density at radius 1 is 0.933 bits per heavy atom. The van der Waals surface area contributed by atoms with Crippen LogP contribution >= 0.6 is 11.3 Å². The zero-order valence-corrected chi connectivity index (χ0v) is 16.5. The van der Waals surface area contributed by atoms with Crippen molar-refractivity contribution in [3.05, 3.63) is 94.0 Å². The molecule has 0 aliphatic rings. The van der Waals surface area contributed by atoms with Crippen molar-refractivity contribution >= 4 is 34.0 Å². The van der Waals surface area contributed by atoms with E-state index >= 15 is 0 Å². The molecule has 2 N–H and O–H groups in total. The molecular weight excluding hydrogens is 396 g/mol. The first-order chi connectivity index (χ1) is 14.8. The van der Waals surface area contributed by atoms with Gasteiger partial charge in [0.2, 0.25) is 5.95 Å². The number of nitrogens with one attached hydrogen (secondary N) is 2. The summed E-state index contributed by atoms with van der Waals surface area (Å²) in [6, 6.07) is 20.8. The molecule has 30 heavy (non-hydrogen) atoms. The summed E-state index contributed by atoms with van der Waals surface area (Å²) in [6.45, 7) is 0. The van der Waals surface area contributed by atoms with Crippen molar-refractivity contribution in [3.8, 4) is 22.6 Å². The number of pyridine rings is 1. The molecule has 0 radical (unpaired) electrons. The molecule has 5 rings (SSSR count). The van der Waals surface area contributed by atoms with Crippen LogP contribution < -0.4 is 15.6 Å². The monoisotopic (exact) mass is 412 g/mol. The summed E-state index contributed by atoms with van der Waals surface area (Å²) < 4.78 is 5.80. The van der Waals surface area contributed by atoms with Crippen LogP contribution in [0.4, 0.5) is 11.6 Å². The number of nitrogens with zero attached hydrogens (tertiary/aromatic N) is 2. The van der Waals surface area contributed by atoms with Crippen LogP contribution in [0.15, 0.2) is 88.5 Å². The van der Waals surface area contributed by atoms with Crippen molar-refractivity contribution in [3.63, 3.8) is 0 Å². The van der Waals surface area contributed by atoms with Gasteiger partial charge in [0.1, 0.15) is 11.5 Å². The largest absolute Gasteiger partial charge is 0.457 e. The van der Waals surface area contributed by atoms with Gasteiger partial charge in [0, 0.05) is 17.4 Å². The van der Waals surface area contributed by atoms with E-state index in [4.69, 9.17) is 4.74 Å². The van der Waals surface area contributed by atoms with E-state index in [2.05, 4.69) is 20.3 Å². The summed E-state index contributed by atoms with van der Waals surface area (Å²) >= 11 is 1.58. The minimum atomic E-state index is -0.235. The molecule has 2 aromatic carbocycles. The molecule has 5 aromatic rings. The molecule has 6 nitrogen and oxygen atoms in total. The number of hydrogen-bond donors (Lipinski definition) is 2. The topological polar surface area (TPSA) is 79.9 Å². The van der Waals surface area contributed by atoms with Crippen LogP contribution in [0.2, 0.25) is 0 Å². The molecule has 0 amide bonds. The van der Waals surface area contributed by atoms with Crippen LogP contribution in [-0.2, 0) is 0 Å². The molecule has 0 spiro atoms. The Balaban J connectivity index is 1.41. The fourth-order valence-electron chi connectivity index (χ4n) is 3.15. The van der Waals surface area contributed by atoms with Gasteiger partial charge in [-0.15, -0.1) is 0 Å². The maximum Gasteiger partial charge on any atom is 0.262 e. The Kier molecular flexibility index (Phi) is 4.71. The first kappa shape index (κ1) is 18.1. The normalized spacial score (nSPS) is 10.8. The lowest BCUT2D eigenvalue weighted by molar-refractivity contribution is 0.483. The van der Waals surface area contributed by atoms with Gasteiger partial charge in [-0.1, -0.05) is 18.2 Å². The van der Waals surface area contributed by atoms with Gasteiger partial charge in [0.15, 0.2) is 5.65 Å². The van der Waals surface area contributed by atoms with Crippen LogP contribution in [0.1, 0.15) is 0 Å². The Bertz CT molecular complexity index is 1350. The third kappa shape index (κ3) is 3.66. The lowest BCUT2D eigenvalue weighted by Gasteiger charge is -2.09. The maximum atomic E-state index is 12.8. The van der Waals surface area contributed by atoms with E-state index in [1.807, 2.05) is 77.5 Å². The van der Waals surface area contributed by atoms with Gasteiger partial charge in [0.25, 0.3) is 5.56 Å². The SMILES string of the molecule is O=c1[nH]c(Nc2ccc(Oc3ccccc3)cc2)nc2nccc(-c3ccsc3)c12. The molecular formula is C23H16N4O2S. The molecule has 3 heterocycles. The number of fused-ring (bicyclic) bond motifs is 1. The third-order valence-corrected chi connectivity index (χ3v) is 5.22. The summed E-state index contributed by atoms with van der Waals surface area (Å²) in [6.07, 6.45) is 1.67. The highest BCUT2D eigenvalue weighted by molar-refractivity contribution is 7.08. The summed E-state index contributed by atoms with van der Waals surface area (Å²) in [5.41, 5.74) is 2.74. The second kappa shape index (κ2) is 7.81. The maximum absolute atomic E-state index is 12.8. The second-order valence-corrected chi connectivity index (χ2v) is 7.33. The summed E-state index contributed by atoms with van der Waals surface area (Å²) in [4.78, 5) is 24.4. The third-order valence-electron chi connectivity index (χ3n) is 4.54. The quantitative estimate of drug-likeness (QED) is 0.394. The lowest BCUT2D eigenvalue weighted by Crippen LogP contribution is -2.13. The molecule has 0 atom stereocenters. The fraction of sp³-hybridized carbons (Fsp3) is 0. The number of benzene rings is 2. The molecule has 146 valence electrons. The first-order valence-electron chi connectivity index (χ1n) is 9.28. The summed E-state index contributed by atoms with van der Waals surface area (Å²) in [7, 11) is 0. The minimum Gasteiger partial charge on any atom is -0.457 e. The Hall–Kier alpha value is -3.97. The van der Waals surface area contributed by atoms with Crippen molar-refractivity contribution in [2.75, 3.05) is 5.32 Å². The van der Waals surface area contributed by atoms with Crippen molar-refractivity contribution in [2.24, 2.45) is 0 Å². The molecule has 3 aromatic heterocycles. The van der Waals surface area contributed by atoms with E-state index in [1.165, 1.54) is 0 Å². The van der Waals surface area contributed by atoms with Crippen molar-refractivity contribution in [1.29, 1.82) is 0 Å². The Morgan fingerprint density at radius 2 is 1.73 bits per heavy atom. The highest BCUT2D eigenvalue weighted by Gasteiger charge is 2.12. The van der Waals surface area contributed by atoms with Gasteiger partial charge in [-0.3, -0.25) is 9.78 Å². The van der Waals surface area contributed by atoms with E-state index in [0.717, 1.165) is 22.6 Å². The van der Waals surface area contributed by atoms with E-state index in [-0.39, 0.29) is 5.56 Å². The van der Waals surface area contributed by atoms with E-state index in [9.17, 15) is 4.79 Å². The van der Waals surface area contributed by atoms with Crippen molar-refractivity contribution < 1.29 is 4.74 Å². The molecule has 0 unspecified atom stereocenters. The van der Waals surface area contributed by atoms with Gasteiger partial charge in [-0.25, -0.2) is 4.98 Å². The molecule has 0 aliphatic carbocycles. The molecule has 7 heteroatoms. The van der Waals surface area contributed by atoms with Gasteiger partial charge >= 0.3 is 0 Å². The molecule has 0 saturated carbocycles. The van der Waals surface area contributed by atoms with Gasteiger partial charge in [-0.2, -0.15) is 16.3 Å². The first-order valence-corrected chi connectivity index (χ1v) is 10.2. The predicted octanol–water partition coefficient (Wildman–Crippen LogP) is 5.58. The highest BCUT2D eigenvalue weighted by Crippen LogP contribution is 2.27. The number of aromatic amines is 1. The average Bonchev–Trinajstić information content (AvgIpc) is 3.30. The number of rotatable bonds is 5. The van der Waals surface area contributed by atoms with E-state index in [1.54, 1.807) is 17.5 Å². The lowest BCUT2D eigenvalue weighted by atomic mass is 10.1. The van der Waals surface area contributed by atoms with Gasteiger partial charge < -0.3 is 10.1 Å². The van der Waals surface area contributed by atoms with Crippen LogP contribution in [0.5, 0.6) is 11.5 Å². The highest BCUT2D eigenvalue weighted by atomic mass is 32.1. The van der Waals surface area contributed by atoms with Crippen molar-refractivity contribution in [1.82, 2.24) is 15.0 Å². The van der Waals surface area contributed by atoms with Gasteiger partial charge in [0.05, 0.1) is 5.39 Å². The number of anilines is 2. The Morgan fingerprint density at radius 3 is 2.50 bits per heavy atom. The van der Waals surface area contributed by atoms with E-state index in [0.29, 0.717) is 22.7 Å². The average molecular weight is 412 g/mol. The minimum absolute atomic E-state index is 0.235. The summed E-state index contributed by atoms with van der Waals surface area (Å²) in [5, 5.41) is 7.58. The number of H-pyrrole nitrogens is 1. The Labute approximate surface area is 175 Å². The molecule has 0 bridgehead atoms. The standard InChI is InChI=1S/C23H16N4O2S/c28-22-20-19(15-11-13-30-14-15)10-12-24-21(20)26-23(27-22)25-16-6-8-18(9-7-16)29-17-4-2-1-3-5-17/h1-14H,(H2,24,25,26,27,28).